The molecule has 216 valence electrons. The fraction of sp³-hybridized carbons (Fsp3) is 0.765. The lowest BCUT2D eigenvalue weighted by atomic mass is 9.65. The molecule has 0 unspecified atom stereocenters. The largest absolute Gasteiger partial charge is 0.410 e. The van der Waals surface area contributed by atoms with Crippen LogP contribution in [-0.4, -0.2) is 28.8 Å². The summed E-state index contributed by atoms with van der Waals surface area (Å²) >= 11 is 0. The van der Waals surface area contributed by atoms with Crippen LogP contribution in [0.4, 0.5) is 0 Å². The number of fused-ring (bicyclic) bond motifs is 1. The highest BCUT2D eigenvalue weighted by molar-refractivity contribution is 6.74. The van der Waals surface area contributed by atoms with Gasteiger partial charge in [-0.2, -0.15) is 0 Å². The Morgan fingerprint density at radius 2 is 1.37 bits per heavy atom. The minimum absolute atomic E-state index is 0.0458. The lowest BCUT2D eigenvalue weighted by molar-refractivity contribution is 0.132. The van der Waals surface area contributed by atoms with Gasteiger partial charge in [-0.1, -0.05) is 89.5 Å². The monoisotopic (exact) mass is 556 g/mol. The van der Waals surface area contributed by atoms with Crippen LogP contribution in [0.2, 0.25) is 36.3 Å². The zero-order valence-electron chi connectivity index (χ0n) is 27.4. The topological polar surface area (TPSA) is 18.5 Å². The Kier molecular flexibility index (Phi) is 9.17. The van der Waals surface area contributed by atoms with Gasteiger partial charge in [0.2, 0.25) is 0 Å². The molecule has 3 aliphatic rings. The van der Waals surface area contributed by atoms with E-state index in [2.05, 4.69) is 107 Å². The molecule has 0 heterocycles. The molecule has 0 amide bonds. The van der Waals surface area contributed by atoms with E-state index in [1.807, 2.05) is 0 Å². The van der Waals surface area contributed by atoms with Gasteiger partial charge in [-0.15, -0.1) is 0 Å². The second-order valence-corrected chi connectivity index (χ2v) is 25.6. The summed E-state index contributed by atoms with van der Waals surface area (Å²) in [6, 6.07) is 0. The van der Waals surface area contributed by atoms with Crippen molar-refractivity contribution in [2.45, 2.75) is 156 Å². The first-order chi connectivity index (χ1) is 17.2. The van der Waals surface area contributed by atoms with Crippen molar-refractivity contribution in [3.63, 3.8) is 0 Å². The molecular weight excluding hydrogens is 497 g/mol. The van der Waals surface area contributed by atoms with E-state index in [-0.39, 0.29) is 22.3 Å². The van der Waals surface area contributed by atoms with Gasteiger partial charge in [0.15, 0.2) is 16.6 Å². The maximum Gasteiger partial charge on any atom is 0.192 e. The van der Waals surface area contributed by atoms with Gasteiger partial charge in [-0.25, -0.2) is 0 Å². The highest BCUT2D eigenvalue weighted by atomic mass is 28.4. The summed E-state index contributed by atoms with van der Waals surface area (Å²) in [4.78, 5) is 0. The van der Waals surface area contributed by atoms with Crippen molar-refractivity contribution in [1.82, 2.24) is 0 Å². The molecule has 3 fully saturated rings. The van der Waals surface area contributed by atoms with E-state index >= 15 is 0 Å². The molecule has 0 N–H and O–H groups in total. The van der Waals surface area contributed by atoms with Crippen molar-refractivity contribution < 1.29 is 8.85 Å². The molecule has 2 nitrogen and oxygen atoms in total. The van der Waals surface area contributed by atoms with Crippen LogP contribution in [0, 0.1) is 11.3 Å². The lowest BCUT2D eigenvalue weighted by Gasteiger charge is -2.46. The SMILES string of the molecule is C=C1[C@H](O[Si](C)(C)C(C)(C)C)CC(=C/C=C2\CCC[C@]3(C)C(=C(C)C)CC[C@@H]23)C[C@H]1O[Si](C)(C)C(C)(C)C. The average molecular weight is 557 g/mol. The van der Waals surface area contributed by atoms with Crippen LogP contribution >= 0.6 is 0 Å². The summed E-state index contributed by atoms with van der Waals surface area (Å²) in [5.74, 6) is 0.704. The van der Waals surface area contributed by atoms with E-state index < -0.39 is 16.6 Å². The van der Waals surface area contributed by atoms with Gasteiger partial charge in [0.25, 0.3) is 0 Å². The molecule has 0 radical (unpaired) electrons. The van der Waals surface area contributed by atoms with E-state index in [0.717, 1.165) is 12.8 Å². The van der Waals surface area contributed by atoms with E-state index in [9.17, 15) is 0 Å². The minimum atomic E-state index is -1.94. The van der Waals surface area contributed by atoms with Crippen molar-refractivity contribution in [3.8, 4) is 0 Å². The minimum Gasteiger partial charge on any atom is -0.410 e. The predicted octanol–water partition coefficient (Wildman–Crippen LogP) is 10.9. The molecule has 0 saturated heterocycles. The number of rotatable bonds is 5. The van der Waals surface area contributed by atoms with Gasteiger partial charge in [0.1, 0.15) is 0 Å². The van der Waals surface area contributed by atoms with E-state index in [1.165, 1.54) is 43.3 Å². The molecule has 0 spiro atoms. The van der Waals surface area contributed by atoms with Crippen LogP contribution in [0.25, 0.3) is 0 Å². The summed E-state index contributed by atoms with van der Waals surface area (Å²) in [6.45, 7) is 35.3. The van der Waals surface area contributed by atoms with Crippen LogP contribution < -0.4 is 0 Å². The fourth-order valence-corrected chi connectivity index (χ4v) is 9.17. The molecule has 0 aromatic rings. The molecule has 4 atom stereocenters. The molecule has 0 bridgehead atoms. The second kappa shape index (κ2) is 10.9. The van der Waals surface area contributed by atoms with Crippen molar-refractivity contribution in [1.29, 1.82) is 0 Å². The Labute approximate surface area is 238 Å². The first-order valence-electron chi connectivity index (χ1n) is 15.3. The molecule has 3 rings (SSSR count). The van der Waals surface area contributed by atoms with E-state index in [4.69, 9.17) is 8.85 Å². The highest BCUT2D eigenvalue weighted by Gasteiger charge is 2.47. The number of hydrogen-bond donors (Lipinski definition) is 0. The Bertz CT molecular complexity index is 952. The van der Waals surface area contributed by atoms with Gasteiger partial charge in [0, 0.05) is 0 Å². The molecule has 0 aromatic heterocycles. The molecule has 0 aliphatic heterocycles. The molecule has 3 saturated carbocycles. The Morgan fingerprint density at radius 3 is 1.82 bits per heavy atom. The summed E-state index contributed by atoms with van der Waals surface area (Å²) in [6.07, 6.45) is 13.5. The van der Waals surface area contributed by atoms with Crippen LogP contribution in [0.5, 0.6) is 0 Å². The Balaban J connectivity index is 1.94. The molecule has 4 heteroatoms. The highest BCUT2D eigenvalue weighted by Crippen LogP contribution is 2.58. The van der Waals surface area contributed by atoms with Crippen molar-refractivity contribution in [3.05, 3.63) is 46.6 Å². The number of hydrogen-bond acceptors (Lipinski definition) is 2. The standard InChI is InChI=1S/C34H60O2Si2/c1-24(2)28-19-20-29-27(16-15-21-34(28,29)10)18-17-26-22-30(35-37(11,12)32(4,5)6)25(3)31(23-26)36-38(13,14)33(7,8)9/h17-18,29-31H,3,15-16,19-23H2,1-2,4-14H3/b27-18+/t29-,30+,31+,34+/m0/s1. The van der Waals surface area contributed by atoms with E-state index in [1.54, 1.807) is 16.7 Å². The van der Waals surface area contributed by atoms with Crippen molar-refractivity contribution in [2.75, 3.05) is 0 Å². The van der Waals surface area contributed by atoms with Crippen LogP contribution in [0.3, 0.4) is 0 Å². The molecule has 0 aromatic carbocycles. The summed E-state index contributed by atoms with van der Waals surface area (Å²) < 4.78 is 14.1. The normalized spacial score (nSPS) is 30.6. The number of allylic oxidation sites excluding steroid dienone is 5. The first kappa shape index (κ1) is 31.8. The molecular formula is C34H60O2Si2. The maximum atomic E-state index is 7.04. The summed E-state index contributed by atoms with van der Waals surface area (Å²) in [5, 5.41) is 0.341. The third-order valence-electron chi connectivity index (χ3n) is 11.1. The second-order valence-electron chi connectivity index (χ2n) is 16.1. The zero-order valence-corrected chi connectivity index (χ0v) is 29.4. The quantitative estimate of drug-likeness (QED) is 0.248. The van der Waals surface area contributed by atoms with E-state index in [0.29, 0.717) is 11.3 Å². The third-order valence-corrected chi connectivity index (χ3v) is 20.1. The summed E-state index contributed by atoms with van der Waals surface area (Å²) in [5.41, 5.74) is 7.97. The molecule has 3 aliphatic carbocycles. The smallest absolute Gasteiger partial charge is 0.192 e. The van der Waals surface area contributed by atoms with Crippen molar-refractivity contribution >= 4 is 16.6 Å². The Morgan fingerprint density at radius 1 is 0.868 bits per heavy atom. The van der Waals surface area contributed by atoms with Gasteiger partial charge in [-0.05, 0) is 112 Å². The zero-order chi connectivity index (χ0) is 28.9. The van der Waals surface area contributed by atoms with Crippen molar-refractivity contribution in [2.24, 2.45) is 11.3 Å². The summed E-state index contributed by atoms with van der Waals surface area (Å²) in [7, 11) is -3.89. The van der Waals surface area contributed by atoms with Gasteiger partial charge >= 0.3 is 0 Å². The van der Waals surface area contributed by atoms with Gasteiger partial charge in [0.05, 0.1) is 12.2 Å². The molecule has 38 heavy (non-hydrogen) atoms. The fourth-order valence-electron chi connectivity index (χ4n) is 6.57. The van der Waals surface area contributed by atoms with Crippen LogP contribution in [0.1, 0.15) is 107 Å². The van der Waals surface area contributed by atoms with Gasteiger partial charge < -0.3 is 8.85 Å². The van der Waals surface area contributed by atoms with Crippen LogP contribution in [-0.2, 0) is 8.85 Å². The van der Waals surface area contributed by atoms with Gasteiger partial charge in [-0.3, -0.25) is 0 Å². The predicted molar refractivity (Wildman–Crippen MR) is 172 cm³/mol. The van der Waals surface area contributed by atoms with Crippen LogP contribution in [0.15, 0.2) is 46.6 Å². The first-order valence-corrected chi connectivity index (χ1v) is 21.1. The third kappa shape index (κ3) is 6.45. The average Bonchev–Trinajstić information content (AvgIpc) is 3.11. The Hall–Kier alpha value is -0.686. The lowest BCUT2D eigenvalue weighted by Crippen LogP contribution is -2.49. The maximum absolute atomic E-state index is 7.04.